The molecule has 0 aromatic heterocycles. The number of hydrogen-bond acceptors (Lipinski definition) is 6. The summed E-state index contributed by atoms with van der Waals surface area (Å²) in [6.07, 6.45) is 3.87. The summed E-state index contributed by atoms with van der Waals surface area (Å²) in [7, 11) is 0. The van der Waals surface area contributed by atoms with Gasteiger partial charge in [-0.25, -0.2) is 0 Å². The zero-order chi connectivity index (χ0) is 26.5. The number of hydrogen-bond donors (Lipinski definition) is 5. The van der Waals surface area contributed by atoms with E-state index in [0.717, 1.165) is 41.4 Å². The van der Waals surface area contributed by atoms with Gasteiger partial charge in [-0.1, -0.05) is 36.9 Å². The second-order valence-corrected chi connectivity index (χ2v) is 8.38. The third kappa shape index (κ3) is 9.21. The first kappa shape index (κ1) is 28.0. The number of nitrogens with one attached hydrogen (secondary N) is 3. The number of amides is 1. The number of carbonyl (C=O) groups excluding carboxylic acids is 1. The Bertz CT molecular complexity index is 1120. The van der Waals surface area contributed by atoms with Gasteiger partial charge in [0, 0.05) is 42.3 Å². The molecular weight excluding hydrogens is 450 g/mol. The molecule has 2 aromatic carbocycles. The van der Waals surface area contributed by atoms with Crippen LogP contribution in [0.5, 0.6) is 0 Å². The number of nitrogens with two attached hydrogens (primary N) is 2. The molecule has 0 radical (unpaired) electrons. The van der Waals surface area contributed by atoms with Crippen LogP contribution in [-0.2, 0) is 0 Å². The Morgan fingerprint density at radius 3 is 2.50 bits per heavy atom. The van der Waals surface area contributed by atoms with Crippen molar-refractivity contribution in [3.05, 3.63) is 89.4 Å². The highest BCUT2D eigenvalue weighted by molar-refractivity contribution is 5.95. The Morgan fingerprint density at radius 2 is 1.83 bits per heavy atom. The van der Waals surface area contributed by atoms with Gasteiger partial charge in [-0.05, 0) is 69.2 Å². The molecule has 8 heteroatoms. The van der Waals surface area contributed by atoms with Crippen LogP contribution in [0.25, 0.3) is 6.08 Å². The van der Waals surface area contributed by atoms with E-state index in [1.165, 1.54) is 0 Å². The lowest BCUT2D eigenvalue weighted by Crippen LogP contribution is -2.35. The van der Waals surface area contributed by atoms with E-state index in [4.69, 9.17) is 11.5 Å². The van der Waals surface area contributed by atoms with Crippen LogP contribution < -0.4 is 32.3 Å². The number of nitrogen functional groups attached to an aromatic ring is 1. The number of anilines is 2. The fraction of sp³-hybridized carbons (Fsp3) is 0.286. The summed E-state index contributed by atoms with van der Waals surface area (Å²) < 4.78 is 0. The van der Waals surface area contributed by atoms with Gasteiger partial charge < -0.3 is 32.3 Å². The minimum Gasteiger partial charge on any atom is -0.398 e. The first-order valence-electron chi connectivity index (χ1n) is 12.0. The molecule has 192 valence electrons. The van der Waals surface area contributed by atoms with E-state index >= 15 is 0 Å². The molecule has 0 aliphatic rings. The minimum atomic E-state index is -0.125. The van der Waals surface area contributed by atoms with E-state index in [1.54, 1.807) is 12.1 Å². The summed E-state index contributed by atoms with van der Waals surface area (Å²) in [6, 6.07) is 15.5. The van der Waals surface area contributed by atoms with Gasteiger partial charge >= 0.3 is 0 Å². The number of rotatable bonds is 12. The van der Waals surface area contributed by atoms with Crippen LogP contribution in [0.15, 0.2) is 83.3 Å². The summed E-state index contributed by atoms with van der Waals surface area (Å²) in [6.45, 7) is 14.0. The Hall–Kier alpha value is -4.20. The number of para-hydroxylation sites is 1. The molecule has 0 aliphatic heterocycles. The van der Waals surface area contributed by atoms with Crippen molar-refractivity contribution in [2.24, 2.45) is 10.7 Å². The number of allylic oxidation sites excluding steroid dienone is 3. The Morgan fingerprint density at radius 1 is 1.11 bits per heavy atom. The highest BCUT2D eigenvalue weighted by Crippen LogP contribution is 2.18. The maximum atomic E-state index is 12.8. The van der Waals surface area contributed by atoms with Gasteiger partial charge in [0.2, 0.25) is 0 Å². The van der Waals surface area contributed by atoms with Crippen LogP contribution >= 0.6 is 0 Å². The minimum absolute atomic E-state index is 0.125. The smallest absolute Gasteiger partial charge is 0.251 e. The number of likely N-dealkylation sites (N-methyl/N-ethyl adjacent to an activating group) is 1. The zero-order valence-electron chi connectivity index (χ0n) is 21.8. The number of carbonyl (C=O) groups is 1. The lowest BCUT2D eigenvalue weighted by molar-refractivity contribution is 0.0954. The Balaban J connectivity index is 2.00. The van der Waals surface area contributed by atoms with Crippen LogP contribution in [-0.4, -0.2) is 38.0 Å². The molecule has 2 rings (SSSR count). The van der Waals surface area contributed by atoms with Crippen molar-refractivity contribution in [2.75, 3.05) is 36.9 Å². The predicted octanol–water partition coefficient (Wildman–Crippen LogP) is 3.82. The van der Waals surface area contributed by atoms with Crippen molar-refractivity contribution < 1.29 is 4.79 Å². The molecule has 8 nitrogen and oxygen atoms in total. The molecule has 0 unspecified atom stereocenters. The van der Waals surface area contributed by atoms with Gasteiger partial charge in [0.25, 0.3) is 5.91 Å². The van der Waals surface area contributed by atoms with Gasteiger partial charge in [0.1, 0.15) is 6.67 Å². The fourth-order valence-corrected chi connectivity index (χ4v) is 3.38. The van der Waals surface area contributed by atoms with Gasteiger partial charge in [-0.15, -0.1) is 0 Å². The molecule has 0 aliphatic carbocycles. The predicted molar refractivity (Wildman–Crippen MR) is 152 cm³/mol. The number of amidine groups is 1. The molecule has 2 aromatic rings. The molecule has 7 N–H and O–H groups in total. The van der Waals surface area contributed by atoms with E-state index in [0.29, 0.717) is 30.3 Å². The van der Waals surface area contributed by atoms with Crippen molar-refractivity contribution in [3.63, 3.8) is 0 Å². The molecule has 0 spiro atoms. The Labute approximate surface area is 214 Å². The average Bonchev–Trinajstić information content (AvgIpc) is 2.86. The zero-order valence-corrected chi connectivity index (χ0v) is 21.8. The maximum Gasteiger partial charge on any atom is 0.251 e. The summed E-state index contributed by atoms with van der Waals surface area (Å²) in [5, 5.41) is 9.11. The average molecular weight is 490 g/mol. The first-order valence-corrected chi connectivity index (χ1v) is 12.0. The molecule has 36 heavy (non-hydrogen) atoms. The van der Waals surface area contributed by atoms with Gasteiger partial charge in [0.05, 0.1) is 11.7 Å². The van der Waals surface area contributed by atoms with Gasteiger partial charge in [0.15, 0.2) is 0 Å². The third-order valence-electron chi connectivity index (χ3n) is 5.61. The van der Waals surface area contributed by atoms with Crippen molar-refractivity contribution in [2.45, 2.75) is 27.7 Å². The summed E-state index contributed by atoms with van der Waals surface area (Å²) in [5.41, 5.74) is 16.7. The van der Waals surface area contributed by atoms with Crippen molar-refractivity contribution in [1.82, 2.24) is 16.0 Å². The van der Waals surface area contributed by atoms with E-state index in [-0.39, 0.29) is 5.91 Å². The fourth-order valence-electron chi connectivity index (χ4n) is 3.38. The SMILES string of the molecule is C=C(N)NC/N=C(/C)N/C(C)=C(C)\C=C\c1cc(C(=O)NCCN(CC)c2ccccc2)ccc1N. The van der Waals surface area contributed by atoms with E-state index in [1.807, 2.05) is 57.2 Å². The molecule has 0 bridgehead atoms. The molecule has 0 fully saturated rings. The topological polar surface area (TPSA) is 121 Å². The lowest BCUT2D eigenvalue weighted by Gasteiger charge is -2.23. The molecule has 0 saturated heterocycles. The second-order valence-electron chi connectivity index (χ2n) is 8.38. The normalized spacial score (nSPS) is 12.2. The van der Waals surface area contributed by atoms with Crippen LogP contribution in [0.2, 0.25) is 0 Å². The monoisotopic (exact) mass is 489 g/mol. The lowest BCUT2D eigenvalue weighted by atomic mass is 10.1. The molecule has 0 saturated carbocycles. The quantitative estimate of drug-likeness (QED) is 0.134. The number of benzene rings is 2. The molecule has 0 atom stereocenters. The molecular formula is C28H39N7O. The molecule has 1 amide bonds. The van der Waals surface area contributed by atoms with Gasteiger partial charge in [-0.2, -0.15) is 0 Å². The standard InChI is InChI=1S/C28H39N7O/c1-6-35(26-10-8-7-9-11-26)17-16-31-28(36)25-14-15-27(30)24(18-25)13-12-20(2)21(3)34-23(5)33-19-32-22(4)29/h7-15,18,32H,4,6,16-17,19,29-30H2,1-3,5H3,(H,31,36)(H,33,34)/b13-12+,21-20-. The van der Waals surface area contributed by atoms with Crippen LogP contribution in [0.1, 0.15) is 43.6 Å². The largest absolute Gasteiger partial charge is 0.398 e. The van der Waals surface area contributed by atoms with Crippen molar-refractivity contribution in [1.29, 1.82) is 0 Å². The third-order valence-corrected chi connectivity index (χ3v) is 5.61. The van der Waals surface area contributed by atoms with Gasteiger partial charge in [-0.3, -0.25) is 9.79 Å². The van der Waals surface area contributed by atoms with Crippen molar-refractivity contribution >= 4 is 29.2 Å². The van der Waals surface area contributed by atoms with Crippen molar-refractivity contribution in [3.8, 4) is 0 Å². The summed E-state index contributed by atoms with van der Waals surface area (Å²) >= 11 is 0. The maximum absolute atomic E-state index is 12.8. The highest BCUT2D eigenvalue weighted by atomic mass is 16.1. The molecule has 0 heterocycles. The van der Waals surface area contributed by atoms with Crippen LogP contribution in [0.4, 0.5) is 11.4 Å². The van der Waals surface area contributed by atoms with Crippen LogP contribution in [0, 0.1) is 0 Å². The summed E-state index contributed by atoms with van der Waals surface area (Å²) in [4.78, 5) is 19.3. The first-order chi connectivity index (χ1) is 17.2. The Kier molecular flexibility index (Phi) is 11.1. The summed E-state index contributed by atoms with van der Waals surface area (Å²) in [5.74, 6) is 1.00. The van der Waals surface area contributed by atoms with E-state index in [9.17, 15) is 4.79 Å². The van der Waals surface area contributed by atoms with E-state index in [2.05, 4.69) is 51.5 Å². The number of aliphatic imine (C=N–C) groups is 1. The van der Waals surface area contributed by atoms with E-state index < -0.39 is 0 Å². The van der Waals surface area contributed by atoms with Crippen LogP contribution in [0.3, 0.4) is 0 Å². The second kappa shape index (κ2) is 14.3. The number of nitrogens with zero attached hydrogens (tertiary/aromatic N) is 2. The highest BCUT2D eigenvalue weighted by Gasteiger charge is 2.09.